The van der Waals surface area contributed by atoms with Gasteiger partial charge in [-0.05, 0) is 31.0 Å². The van der Waals surface area contributed by atoms with E-state index in [0.29, 0.717) is 16.5 Å². The number of anilines is 2. The van der Waals surface area contributed by atoms with Crippen molar-refractivity contribution in [3.05, 3.63) is 40.7 Å². The topological polar surface area (TPSA) is 88.3 Å². The van der Waals surface area contributed by atoms with E-state index in [1.165, 1.54) is 17.4 Å². The summed E-state index contributed by atoms with van der Waals surface area (Å²) in [6, 6.07) is 4.47. The maximum Gasteiger partial charge on any atom is 0.257 e. The lowest BCUT2D eigenvalue weighted by Gasteiger charge is -2.18. The van der Waals surface area contributed by atoms with Crippen LogP contribution in [-0.2, 0) is 11.2 Å². The molecule has 1 fully saturated rings. The Kier molecular flexibility index (Phi) is 4.75. The van der Waals surface area contributed by atoms with Crippen LogP contribution in [0.1, 0.15) is 28.9 Å². The van der Waals surface area contributed by atoms with Gasteiger partial charge < -0.3 is 10.6 Å². The number of nitrogens with two attached hydrogens (primary N) is 1. The SMILES string of the molecule is NC(=O)Cc1csc(NC(=O)c2ccc(N3CCCC3)c(F)c2)n1. The summed E-state index contributed by atoms with van der Waals surface area (Å²) in [6.45, 7) is 1.68. The minimum atomic E-state index is -0.488. The number of carbonyl (C=O) groups is 2. The Balaban J connectivity index is 1.69. The molecule has 1 aromatic carbocycles. The van der Waals surface area contributed by atoms with Gasteiger partial charge in [-0.2, -0.15) is 0 Å². The lowest BCUT2D eigenvalue weighted by atomic mass is 10.1. The predicted molar refractivity (Wildman–Crippen MR) is 90.8 cm³/mol. The van der Waals surface area contributed by atoms with E-state index in [1.54, 1.807) is 17.5 Å². The summed E-state index contributed by atoms with van der Waals surface area (Å²) in [5.74, 6) is -1.34. The van der Waals surface area contributed by atoms with Crippen LogP contribution in [0.15, 0.2) is 23.6 Å². The van der Waals surface area contributed by atoms with Crippen molar-refractivity contribution < 1.29 is 14.0 Å². The quantitative estimate of drug-likeness (QED) is 0.867. The van der Waals surface area contributed by atoms with Crippen molar-refractivity contribution in [2.24, 2.45) is 5.73 Å². The highest BCUT2D eigenvalue weighted by Crippen LogP contribution is 2.25. The first kappa shape index (κ1) is 16.4. The van der Waals surface area contributed by atoms with Crippen molar-refractivity contribution in [1.82, 2.24) is 4.98 Å². The van der Waals surface area contributed by atoms with Gasteiger partial charge >= 0.3 is 0 Å². The van der Waals surface area contributed by atoms with Crippen LogP contribution in [0.3, 0.4) is 0 Å². The van der Waals surface area contributed by atoms with Crippen LogP contribution in [0, 0.1) is 5.82 Å². The minimum Gasteiger partial charge on any atom is -0.369 e. The summed E-state index contributed by atoms with van der Waals surface area (Å²) < 4.78 is 14.3. The molecular formula is C16H17FN4O2S. The molecule has 0 saturated carbocycles. The van der Waals surface area contributed by atoms with Gasteiger partial charge in [0.1, 0.15) is 5.82 Å². The second-order valence-corrected chi connectivity index (χ2v) is 6.46. The third-order valence-electron chi connectivity index (χ3n) is 3.78. The van der Waals surface area contributed by atoms with E-state index < -0.39 is 17.6 Å². The predicted octanol–water partition coefficient (Wildman–Crippen LogP) is 2.16. The molecule has 0 aliphatic carbocycles. The molecule has 0 unspecified atom stereocenters. The van der Waals surface area contributed by atoms with Crippen molar-refractivity contribution in [3.8, 4) is 0 Å². The molecule has 2 aromatic rings. The highest BCUT2D eigenvalue weighted by Gasteiger charge is 2.18. The van der Waals surface area contributed by atoms with E-state index in [0.717, 1.165) is 25.9 Å². The van der Waals surface area contributed by atoms with Gasteiger partial charge in [0.25, 0.3) is 5.91 Å². The van der Waals surface area contributed by atoms with E-state index in [9.17, 15) is 14.0 Å². The fourth-order valence-electron chi connectivity index (χ4n) is 2.66. The number of rotatable bonds is 5. The van der Waals surface area contributed by atoms with Gasteiger partial charge in [0, 0.05) is 24.0 Å². The monoisotopic (exact) mass is 348 g/mol. The standard InChI is InChI=1S/C16H17FN4O2S/c17-12-7-10(3-4-13(12)21-5-1-2-6-21)15(23)20-16-19-11(9-24-16)8-14(18)22/h3-4,7,9H,1-2,5-6,8H2,(H2,18,22)(H,19,20,23). The van der Waals surface area contributed by atoms with Crippen LogP contribution in [0.25, 0.3) is 0 Å². The molecule has 24 heavy (non-hydrogen) atoms. The number of aromatic nitrogens is 1. The molecule has 2 amide bonds. The van der Waals surface area contributed by atoms with E-state index in [1.807, 2.05) is 4.90 Å². The number of benzene rings is 1. The largest absolute Gasteiger partial charge is 0.369 e. The molecule has 0 bridgehead atoms. The van der Waals surface area contributed by atoms with Crippen molar-refractivity contribution in [1.29, 1.82) is 0 Å². The summed E-state index contributed by atoms with van der Waals surface area (Å²) in [5.41, 5.74) is 6.35. The zero-order valence-electron chi connectivity index (χ0n) is 12.9. The lowest BCUT2D eigenvalue weighted by Crippen LogP contribution is -2.20. The number of nitrogens with one attached hydrogen (secondary N) is 1. The maximum absolute atomic E-state index is 14.3. The van der Waals surface area contributed by atoms with Crippen LogP contribution in [0.4, 0.5) is 15.2 Å². The first-order chi connectivity index (χ1) is 11.5. The summed E-state index contributed by atoms with van der Waals surface area (Å²) >= 11 is 1.19. The highest BCUT2D eigenvalue weighted by molar-refractivity contribution is 7.14. The Morgan fingerprint density at radius 1 is 1.33 bits per heavy atom. The van der Waals surface area contributed by atoms with Gasteiger partial charge in [0.15, 0.2) is 5.13 Å². The summed E-state index contributed by atoms with van der Waals surface area (Å²) in [6.07, 6.45) is 2.13. The normalized spacial score (nSPS) is 14.0. The van der Waals surface area contributed by atoms with E-state index >= 15 is 0 Å². The van der Waals surface area contributed by atoms with Crippen molar-refractivity contribution in [3.63, 3.8) is 0 Å². The van der Waals surface area contributed by atoms with Crippen molar-refractivity contribution in [2.45, 2.75) is 19.3 Å². The smallest absolute Gasteiger partial charge is 0.257 e. The van der Waals surface area contributed by atoms with Gasteiger partial charge in [-0.15, -0.1) is 11.3 Å². The second kappa shape index (κ2) is 6.96. The second-order valence-electron chi connectivity index (χ2n) is 5.60. The number of hydrogen-bond acceptors (Lipinski definition) is 5. The van der Waals surface area contributed by atoms with Crippen LogP contribution >= 0.6 is 11.3 Å². The van der Waals surface area contributed by atoms with Gasteiger partial charge in [-0.3, -0.25) is 14.9 Å². The van der Waals surface area contributed by atoms with Crippen LogP contribution in [-0.4, -0.2) is 29.9 Å². The highest BCUT2D eigenvalue weighted by atomic mass is 32.1. The first-order valence-corrected chi connectivity index (χ1v) is 8.49. The van der Waals surface area contributed by atoms with E-state index in [4.69, 9.17) is 5.73 Å². The van der Waals surface area contributed by atoms with Gasteiger partial charge in [-0.1, -0.05) is 0 Å². The zero-order valence-corrected chi connectivity index (χ0v) is 13.7. The Bertz CT molecular complexity index is 771. The molecule has 1 aliphatic rings. The molecule has 8 heteroatoms. The molecule has 3 rings (SSSR count). The molecule has 1 aromatic heterocycles. The van der Waals surface area contributed by atoms with Gasteiger partial charge in [0.05, 0.1) is 17.8 Å². The van der Waals surface area contributed by atoms with Crippen LogP contribution in [0.2, 0.25) is 0 Å². The Morgan fingerprint density at radius 3 is 2.75 bits per heavy atom. The molecular weight excluding hydrogens is 331 g/mol. The maximum atomic E-state index is 14.3. The number of nitrogens with zero attached hydrogens (tertiary/aromatic N) is 2. The fourth-order valence-corrected chi connectivity index (χ4v) is 3.36. The number of halogens is 1. The van der Waals surface area contributed by atoms with Crippen molar-refractivity contribution in [2.75, 3.05) is 23.3 Å². The van der Waals surface area contributed by atoms with Crippen LogP contribution < -0.4 is 16.0 Å². The van der Waals surface area contributed by atoms with E-state index in [-0.39, 0.29) is 12.0 Å². The number of hydrogen-bond donors (Lipinski definition) is 2. The summed E-state index contributed by atoms with van der Waals surface area (Å²) in [4.78, 5) is 29.2. The molecule has 126 valence electrons. The third-order valence-corrected chi connectivity index (χ3v) is 4.59. The minimum absolute atomic E-state index is 0.0194. The third kappa shape index (κ3) is 3.70. The van der Waals surface area contributed by atoms with E-state index in [2.05, 4.69) is 10.3 Å². The Morgan fingerprint density at radius 2 is 2.08 bits per heavy atom. The average molecular weight is 348 g/mol. The number of carbonyl (C=O) groups excluding carboxylic acids is 2. The van der Waals surface area contributed by atoms with Gasteiger partial charge in [-0.25, -0.2) is 9.37 Å². The zero-order chi connectivity index (χ0) is 17.1. The number of amides is 2. The fraction of sp³-hybridized carbons (Fsp3) is 0.312. The first-order valence-electron chi connectivity index (χ1n) is 7.61. The number of thiazole rings is 1. The van der Waals surface area contributed by atoms with Crippen molar-refractivity contribution >= 4 is 34.0 Å². The van der Waals surface area contributed by atoms with Crippen LogP contribution in [0.5, 0.6) is 0 Å². The molecule has 1 aliphatic heterocycles. The number of primary amides is 1. The molecule has 0 atom stereocenters. The summed E-state index contributed by atoms with van der Waals surface area (Å²) in [5, 5.41) is 4.60. The molecule has 6 nitrogen and oxygen atoms in total. The Hall–Kier alpha value is -2.48. The van der Waals surface area contributed by atoms with Gasteiger partial charge in [0.2, 0.25) is 5.91 Å². The molecule has 1 saturated heterocycles. The summed E-state index contributed by atoms with van der Waals surface area (Å²) in [7, 11) is 0. The average Bonchev–Trinajstić information content (AvgIpc) is 3.18. The Labute approximate surface area is 142 Å². The molecule has 0 radical (unpaired) electrons. The molecule has 3 N–H and O–H groups in total. The lowest BCUT2D eigenvalue weighted by molar-refractivity contribution is -0.117. The molecule has 0 spiro atoms. The molecule has 2 heterocycles.